The quantitative estimate of drug-likeness (QED) is 0.192. The number of aliphatic hydroxyl groups excluding tert-OH is 1. The van der Waals surface area contributed by atoms with Gasteiger partial charge in [-0.15, -0.1) is 5.10 Å². The molecule has 0 spiro atoms. The van der Waals surface area contributed by atoms with Crippen LogP contribution in [-0.4, -0.2) is 74.2 Å². The summed E-state index contributed by atoms with van der Waals surface area (Å²) in [6.45, 7) is 1.91. The maximum Gasteiger partial charge on any atom is 0.490 e. The summed E-state index contributed by atoms with van der Waals surface area (Å²) < 4.78 is 62.4. The van der Waals surface area contributed by atoms with Gasteiger partial charge in [0.15, 0.2) is 0 Å². The van der Waals surface area contributed by atoms with Crippen LogP contribution in [0, 0.1) is 5.92 Å². The molecule has 274 valence electrons. The maximum atomic E-state index is 13.7. The summed E-state index contributed by atoms with van der Waals surface area (Å²) in [7, 11) is 0. The molecule has 3 N–H and O–H groups in total. The first-order valence-electron chi connectivity index (χ1n) is 15.5. The number of hydrogen-bond donors (Lipinski definition) is 3. The van der Waals surface area contributed by atoms with Gasteiger partial charge in [0.2, 0.25) is 5.91 Å². The lowest BCUT2D eigenvalue weighted by Gasteiger charge is -2.22. The van der Waals surface area contributed by atoms with E-state index in [1.54, 1.807) is 41.3 Å². The number of anilines is 1. The number of aromatic nitrogens is 8. The molecule has 2 atom stereocenters. The highest BCUT2D eigenvalue weighted by Crippen LogP contribution is 2.34. The van der Waals surface area contributed by atoms with E-state index in [9.17, 15) is 36.6 Å². The Hall–Kier alpha value is -5.56. The number of halogens is 6. The zero-order valence-corrected chi connectivity index (χ0v) is 27.8. The zero-order chi connectivity index (χ0) is 37.7. The van der Waals surface area contributed by atoms with Gasteiger partial charge in [0, 0.05) is 34.3 Å². The van der Waals surface area contributed by atoms with Crippen LogP contribution in [0.25, 0.3) is 28.2 Å². The minimum absolute atomic E-state index is 0.148. The molecule has 1 amide bonds. The van der Waals surface area contributed by atoms with Crippen LogP contribution in [0.4, 0.5) is 27.6 Å². The second-order valence-corrected chi connectivity index (χ2v) is 12.0. The molecule has 1 aliphatic rings. The minimum atomic E-state index is -5.08. The van der Waals surface area contributed by atoms with Crippen LogP contribution in [0.3, 0.4) is 0 Å². The summed E-state index contributed by atoms with van der Waals surface area (Å²) in [6.07, 6.45) is -0.476. The highest BCUT2D eigenvalue weighted by atomic mass is 35.5. The number of hydrogen-bond acceptors (Lipinski definition) is 9. The Morgan fingerprint density at radius 3 is 2.52 bits per heavy atom. The Morgan fingerprint density at radius 1 is 1.12 bits per heavy atom. The summed E-state index contributed by atoms with van der Waals surface area (Å²) in [5.41, 5.74) is 2.61. The molecule has 52 heavy (non-hydrogen) atoms. The van der Waals surface area contributed by atoms with Gasteiger partial charge in [-0.1, -0.05) is 30.2 Å². The number of benzene rings is 1. The number of amides is 1. The van der Waals surface area contributed by atoms with Gasteiger partial charge in [-0.3, -0.25) is 23.8 Å². The number of aliphatic carboxylic acids is 1. The molecule has 1 aliphatic heterocycles. The number of fused-ring (bicyclic) bond motifs is 4. The lowest BCUT2D eigenvalue weighted by atomic mass is 9.97. The van der Waals surface area contributed by atoms with Gasteiger partial charge in [-0.25, -0.2) is 23.2 Å². The van der Waals surface area contributed by atoms with Crippen molar-refractivity contribution < 1.29 is 41.8 Å². The van der Waals surface area contributed by atoms with E-state index >= 15 is 0 Å². The number of nitrogens with one attached hydrogen (secondary N) is 1. The Bertz CT molecular complexity index is 2140. The monoisotopic (exact) mass is 749 g/mol. The molecular formula is C32H29ClF5N9O5. The third kappa shape index (κ3) is 8.48. The molecule has 0 saturated heterocycles. The van der Waals surface area contributed by atoms with E-state index in [1.807, 2.05) is 13.0 Å². The average Bonchev–Trinajstić information content (AvgIpc) is 3.74. The van der Waals surface area contributed by atoms with Gasteiger partial charge >= 0.3 is 12.1 Å². The van der Waals surface area contributed by atoms with Crippen molar-refractivity contribution >= 4 is 29.2 Å². The first kappa shape index (κ1) is 37.7. The van der Waals surface area contributed by atoms with Gasteiger partial charge < -0.3 is 15.5 Å². The fraction of sp³-hybridized carbons (Fsp3) is 0.312. The molecule has 20 heteroatoms. The molecule has 0 unspecified atom stereocenters. The van der Waals surface area contributed by atoms with E-state index in [4.69, 9.17) is 21.5 Å². The van der Waals surface area contributed by atoms with Crippen LogP contribution in [0.2, 0.25) is 5.02 Å². The smallest absolute Gasteiger partial charge is 0.475 e. The van der Waals surface area contributed by atoms with Crippen LogP contribution < -0.4 is 10.9 Å². The Labute approximate surface area is 295 Å². The second-order valence-electron chi connectivity index (χ2n) is 11.5. The van der Waals surface area contributed by atoms with Crippen LogP contribution in [0.15, 0.2) is 66.1 Å². The summed E-state index contributed by atoms with van der Waals surface area (Å²) in [5.74, 6) is -3.22. The molecule has 0 aliphatic carbocycles. The first-order chi connectivity index (χ1) is 24.7. The van der Waals surface area contributed by atoms with Crippen molar-refractivity contribution in [3.8, 4) is 28.2 Å². The summed E-state index contributed by atoms with van der Waals surface area (Å²) in [4.78, 5) is 44.9. The number of aliphatic hydroxyl groups is 1. The van der Waals surface area contributed by atoms with E-state index < -0.39 is 30.3 Å². The normalized spacial score (nSPS) is 16.2. The van der Waals surface area contributed by atoms with E-state index in [2.05, 4.69) is 30.7 Å². The highest BCUT2D eigenvalue weighted by molar-refractivity contribution is 6.31. The van der Waals surface area contributed by atoms with Crippen LogP contribution in [-0.2, 0) is 16.1 Å². The molecule has 0 radical (unpaired) electrons. The van der Waals surface area contributed by atoms with Gasteiger partial charge in [-0.2, -0.15) is 18.3 Å². The molecule has 14 nitrogen and oxygen atoms in total. The fourth-order valence-corrected chi connectivity index (χ4v) is 5.63. The molecule has 4 aromatic heterocycles. The van der Waals surface area contributed by atoms with Crippen molar-refractivity contribution in [1.29, 1.82) is 0 Å². The lowest BCUT2D eigenvalue weighted by Crippen LogP contribution is -2.27. The summed E-state index contributed by atoms with van der Waals surface area (Å²) >= 11 is 6.28. The Morgan fingerprint density at radius 2 is 1.87 bits per heavy atom. The highest BCUT2D eigenvalue weighted by Gasteiger charge is 2.38. The number of pyridine rings is 1. The second kappa shape index (κ2) is 15.8. The number of alkyl halides is 5. The number of carbonyl (C=O) groups excluding carboxylic acids is 1. The van der Waals surface area contributed by atoms with Crippen molar-refractivity contribution in [2.24, 2.45) is 5.92 Å². The largest absolute Gasteiger partial charge is 0.490 e. The van der Waals surface area contributed by atoms with Crippen LogP contribution in [0.5, 0.6) is 0 Å². The zero-order valence-electron chi connectivity index (χ0n) is 27.0. The van der Waals surface area contributed by atoms with Gasteiger partial charge in [0.05, 0.1) is 66.4 Å². The molecular weight excluding hydrogens is 721 g/mol. The van der Waals surface area contributed by atoms with Gasteiger partial charge in [0.1, 0.15) is 5.69 Å². The summed E-state index contributed by atoms with van der Waals surface area (Å²) in [6, 6.07) is 9.20. The minimum Gasteiger partial charge on any atom is -0.475 e. The average molecular weight is 750 g/mol. The Balaban J connectivity index is 0.000000679. The summed E-state index contributed by atoms with van der Waals surface area (Å²) in [5, 5.41) is 31.8. The molecule has 5 heterocycles. The van der Waals surface area contributed by atoms with E-state index in [-0.39, 0.29) is 36.2 Å². The van der Waals surface area contributed by atoms with Gasteiger partial charge in [-0.05, 0) is 43.2 Å². The molecule has 0 saturated carbocycles. The van der Waals surface area contributed by atoms with Crippen LogP contribution in [0.1, 0.15) is 50.0 Å². The molecule has 0 fully saturated rings. The molecule has 2 bridgehead atoms. The fourth-order valence-electron chi connectivity index (χ4n) is 5.46. The first-order valence-corrected chi connectivity index (χ1v) is 15.9. The third-order valence-electron chi connectivity index (χ3n) is 8.00. The lowest BCUT2D eigenvalue weighted by molar-refractivity contribution is -0.192. The third-order valence-corrected chi connectivity index (χ3v) is 8.23. The van der Waals surface area contributed by atoms with E-state index in [0.717, 1.165) is 6.20 Å². The Kier molecular flexibility index (Phi) is 11.4. The van der Waals surface area contributed by atoms with Crippen LogP contribution >= 0.6 is 11.6 Å². The number of carboxylic acid groups (broad SMARTS) is 1. The van der Waals surface area contributed by atoms with Crippen molar-refractivity contribution in [3.05, 3.63) is 88.1 Å². The van der Waals surface area contributed by atoms with Crippen molar-refractivity contribution in [1.82, 2.24) is 39.3 Å². The predicted molar refractivity (Wildman–Crippen MR) is 175 cm³/mol. The van der Waals surface area contributed by atoms with Crippen molar-refractivity contribution in [2.75, 3.05) is 11.9 Å². The molecule has 1 aromatic carbocycles. The number of carboxylic acids is 1. The van der Waals surface area contributed by atoms with Crippen molar-refractivity contribution in [2.45, 2.75) is 51.4 Å². The SMILES string of the molecule is C[C@@H]1CCC[C@H](n2cnc(-c3cc(Cl)ccc3-n3cc(C(F)F)nn3)cc2=O)c2cc(ccn2)-c2c(cnn2CCO)NC1=O.O=C(O)C(F)(F)F. The number of carbonyl (C=O) groups is 2. The molecule has 6 rings (SSSR count). The predicted octanol–water partition coefficient (Wildman–Crippen LogP) is 5.31. The molecule has 5 aromatic rings. The number of rotatable bonds is 6. The topological polar surface area (TPSA) is 183 Å². The van der Waals surface area contributed by atoms with E-state index in [0.29, 0.717) is 58.2 Å². The van der Waals surface area contributed by atoms with Gasteiger partial charge in [0.25, 0.3) is 12.0 Å². The number of nitrogens with zero attached hydrogens (tertiary/aromatic N) is 8. The van der Waals surface area contributed by atoms with Crippen molar-refractivity contribution in [3.63, 3.8) is 0 Å². The van der Waals surface area contributed by atoms with E-state index in [1.165, 1.54) is 21.6 Å². The standard InChI is InChI=1S/C30H28ClF2N9O3.C2HF3O2/c1-17-3-2-4-26(22-11-18(7-8-34-22)28-23(37-30(17)45)14-36-41(28)9-10-43)40-16-35-21(13-27(40)44)20-12-19(31)5-6-25(20)42-15-24(29(32)33)38-39-42;3-2(4,5)1(6)7/h5-8,11-17,26,29,43H,2-4,9-10H2,1H3,(H,37,45);(H,6,7)/t17-,26+;/m1./s1. The maximum absolute atomic E-state index is 13.7.